The first-order chi connectivity index (χ1) is 44.1. The molecule has 0 bridgehead atoms. The zero-order chi connectivity index (χ0) is 68.2. The molecule has 0 aliphatic heterocycles. The second-order valence-electron chi connectivity index (χ2n) is 28.0. The molecule has 3 unspecified atom stereocenters. The van der Waals surface area contributed by atoms with Gasteiger partial charge in [0, 0.05) is 25.7 Å². The second kappa shape index (κ2) is 62.6. The maximum absolute atomic E-state index is 13.0. The molecule has 17 nitrogen and oxygen atoms in total. The van der Waals surface area contributed by atoms with Crippen LogP contribution in [0, 0.1) is 23.7 Å². The second-order valence-corrected chi connectivity index (χ2v) is 30.9. The molecule has 92 heavy (non-hydrogen) atoms. The van der Waals surface area contributed by atoms with E-state index in [0.717, 1.165) is 115 Å². The van der Waals surface area contributed by atoms with Crippen LogP contribution < -0.4 is 0 Å². The number of phosphoric ester groups is 2. The predicted octanol–water partition coefficient (Wildman–Crippen LogP) is 20.9. The first-order valence-electron chi connectivity index (χ1n) is 37.7. The van der Waals surface area contributed by atoms with Crippen molar-refractivity contribution in [3.8, 4) is 0 Å². The highest BCUT2D eigenvalue weighted by atomic mass is 31.2. The van der Waals surface area contributed by atoms with Gasteiger partial charge in [0.1, 0.15) is 19.3 Å². The van der Waals surface area contributed by atoms with Crippen LogP contribution in [-0.2, 0) is 65.4 Å². The zero-order valence-electron chi connectivity index (χ0n) is 60.2. The van der Waals surface area contributed by atoms with Gasteiger partial charge < -0.3 is 33.8 Å². The minimum Gasteiger partial charge on any atom is -0.462 e. The molecular formula is C73H142O17P2. The molecule has 0 fully saturated rings. The summed E-state index contributed by atoms with van der Waals surface area (Å²) in [7, 11) is -9.90. The Balaban J connectivity index is 5.14. The largest absolute Gasteiger partial charge is 0.472 e. The molecule has 0 aromatic carbocycles. The van der Waals surface area contributed by atoms with E-state index in [0.29, 0.717) is 37.5 Å². The lowest BCUT2D eigenvalue weighted by Gasteiger charge is -2.21. The van der Waals surface area contributed by atoms with Gasteiger partial charge in [-0.1, -0.05) is 312 Å². The maximum Gasteiger partial charge on any atom is 0.472 e. The quantitative estimate of drug-likeness (QED) is 0.0222. The molecule has 0 aromatic rings. The van der Waals surface area contributed by atoms with Crippen molar-refractivity contribution in [3.63, 3.8) is 0 Å². The summed E-state index contributed by atoms with van der Waals surface area (Å²) in [5.41, 5.74) is 0. The third-order valence-electron chi connectivity index (χ3n) is 17.2. The molecule has 0 saturated heterocycles. The molecule has 0 aliphatic rings. The van der Waals surface area contributed by atoms with Crippen molar-refractivity contribution >= 4 is 39.5 Å². The van der Waals surface area contributed by atoms with E-state index in [1.807, 2.05) is 0 Å². The molecule has 0 rings (SSSR count). The Morgan fingerprint density at radius 1 is 0.304 bits per heavy atom. The zero-order valence-corrected chi connectivity index (χ0v) is 62.0. The van der Waals surface area contributed by atoms with Crippen LogP contribution in [0.1, 0.15) is 364 Å². The summed E-state index contributed by atoms with van der Waals surface area (Å²) in [6, 6.07) is 0. The van der Waals surface area contributed by atoms with E-state index in [2.05, 4.69) is 55.4 Å². The predicted molar refractivity (Wildman–Crippen MR) is 372 cm³/mol. The topological polar surface area (TPSA) is 237 Å². The van der Waals surface area contributed by atoms with Crippen molar-refractivity contribution in [1.82, 2.24) is 0 Å². The van der Waals surface area contributed by atoms with Crippen LogP contribution >= 0.6 is 15.6 Å². The van der Waals surface area contributed by atoms with Crippen LogP contribution in [0.5, 0.6) is 0 Å². The number of aliphatic hydroxyl groups is 1. The fourth-order valence-electron chi connectivity index (χ4n) is 11.0. The monoisotopic (exact) mass is 1350 g/mol. The van der Waals surface area contributed by atoms with Crippen LogP contribution in [-0.4, -0.2) is 96.7 Å². The lowest BCUT2D eigenvalue weighted by atomic mass is 9.99. The molecule has 0 aromatic heterocycles. The first-order valence-corrected chi connectivity index (χ1v) is 40.7. The van der Waals surface area contributed by atoms with Gasteiger partial charge in [-0.2, -0.15) is 0 Å². The Labute approximate surface area is 562 Å². The summed E-state index contributed by atoms with van der Waals surface area (Å²) in [5, 5.41) is 10.6. The summed E-state index contributed by atoms with van der Waals surface area (Å²) in [4.78, 5) is 72.5. The number of esters is 4. The maximum atomic E-state index is 13.0. The molecule has 0 heterocycles. The fourth-order valence-corrected chi connectivity index (χ4v) is 12.6. The van der Waals surface area contributed by atoms with Crippen LogP contribution in [0.3, 0.4) is 0 Å². The van der Waals surface area contributed by atoms with E-state index >= 15 is 0 Å². The molecule has 0 spiro atoms. The highest BCUT2D eigenvalue weighted by Crippen LogP contribution is 2.45. The summed E-state index contributed by atoms with van der Waals surface area (Å²) >= 11 is 0. The summed E-state index contributed by atoms with van der Waals surface area (Å²) in [5.74, 6) is 0.842. The first kappa shape index (κ1) is 90.1. The summed E-state index contributed by atoms with van der Waals surface area (Å²) in [6.45, 7) is 14.1. The normalized spacial score (nSPS) is 14.5. The highest BCUT2D eigenvalue weighted by Gasteiger charge is 2.30. The lowest BCUT2D eigenvalue weighted by molar-refractivity contribution is -0.161. The van der Waals surface area contributed by atoms with E-state index in [9.17, 15) is 43.2 Å². The van der Waals surface area contributed by atoms with Gasteiger partial charge in [-0.15, -0.1) is 0 Å². The Hall–Kier alpha value is -1.94. The van der Waals surface area contributed by atoms with E-state index in [1.165, 1.54) is 154 Å². The van der Waals surface area contributed by atoms with Crippen molar-refractivity contribution in [2.45, 2.75) is 382 Å². The molecule has 0 amide bonds. The van der Waals surface area contributed by atoms with Gasteiger partial charge >= 0.3 is 39.5 Å². The molecule has 546 valence electrons. The average Bonchev–Trinajstić information content (AvgIpc) is 2.90. The van der Waals surface area contributed by atoms with Crippen molar-refractivity contribution in [3.05, 3.63) is 0 Å². The molecule has 0 saturated carbocycles. The van der Waals surface area contributed by atoms with Gasteiger partial charge in [0.2, 0.25) is 0 Å². The third kappa shape index (κ3) is 65.4. The molecule has 0 radical (unpaired) electrons. The smallest absolute Gasteiger partial charge is 0.462 e. The van der Waals surface area contributed by atoms with Crippen LogP contribution in [0.4, 0.5) is 0 Å². The van der Waals surface area contributed by atoms with Gasteiger partial charge in [0.25, 0.3) is 0 Å². The minimum atomic E-state index is -4.95. The van der Waals surface area contributed by atoms with E-state index < -0.39 is 97.5 Å². The van der Waals surface area contributed by atoms with Gasteiger partial charge in [-0.25, -0.2) is 9.13 Å². The standard InChI is InChI=1S/C73H142O17P2/c1-9-66(8)52-44-36-27-20-18-16-14-12-10-11-13-15-17-19-21-28-39-47-55-72(77)89-68(59-83-70(75)53-45-37-30-24-26-34-42-50-64(4)5)61-87-91(79,80)85-57-67(74)58-86-92(81,82)88-62-69(60-84-71(76)54-46-38-32-31-35-43-51-65(6)7)90-73(78)56-48-40-29-23-22-25-33-41-49-63(2)3/h63-69,74H,9-62H2,1-8H3,(H,79,80)(H,81,82)/t66?,67-,68-,69-/m1/s1. The number of unbranched alkanes of at least 4 members (excludes halogenated alkanes) is 35. The molecule has 3 N–H and O–H groups in total. The molecule has 6 atom stereocenters. The van der Waals surface area contributed by atoms with Gasteiger partial charge in [0.15, 0.2) is 12.2 Å². The summed E-state index contributed by atoms with van der Waals surface area (Å²) in [6.07, 6.45) is 46.3. The van der Waals surface area contributed by atoms with Crippen LogP contribution in [0.2, 0.25) is 0 Å². The molecule has 0 aliphatic carbocycles. The Kier molecular flexibility index (Phi) is 61.3. The van der Waals surface area contributed by atoms with E-state index in [4.69, 9.17) is 37.0 Å². The van der Waals surface area contributed by atoms with E-state index in [-0.39, 0.29) is 25.7 Å². The number of carbonyl (C=O) groups excluding carboxylic acids is 4. The van der Waals surface area contributed by atoms with Crippen LogP contribution in [0.25, 0.3) is 0 Å². The number of rotatable bonds is 70. The number of ether oxygens (including phenoxy) is 4. The molecular weight excluding hydrogens is 1210 g/mol. The SMILES string of the molecule is CCC(C)CCCCCCCCCCCCCCCCCCCCC(=O)O[C@H](COC(=O)CCCCCCCCCC(C)C)COP(=O)(O)OC[C@@H](O)COP(=O)(O)OC[C@@H](COC(=O)CCCCCCCCC(C)C)OC(=O)CCCCCCCCCCC(C)C. The Bertz CT molecular complexity index is 1820. The van der Waals surface area contributed by atoms with Gasteiger partial charge in [0.05, 0.1) is 26.4 Å². The van der Waals surface area contributed by atoms with E-state index in [1.54, 1.807) is 0 Å². The summed E-state index contributed by atoms with van der Waals surface area (Å²) < 4.78 is 68.3. The third-order valence-corrected chi connectivity index (χ3v) is 19.1. The number of phosphoric acid groups is 2. The molecule has 19 heteroatoms. The fraction of sp³-hybridized carbons (Fsp3) is 0.945. The minimum absolute atomic E-state index is 0.103. The number of aliphatic hydroxyl groups excluding tert-OH is 1. The van der Waals surface area contributed by atoms with Crippen molar-refractivity contribution in [2.75, 3.05) is 39.6 Å². The Morgan fingerprint density at radius 2 is 0.522 bits per heavy atom. The Morgan fingerprint density at radius 3 is 0.772 bits per heavy atom. The number of hydrogen-bond donors (Lipinski definition) is 3. The van der Waals surface area contributed by atoms with Gasteiger partial charge in [-0.05, 0) is 49.4 Å². The average molecular weight is 1350 g/mol. The van der Waals surface area contributed by atoms with Gasteiger partial charge in [-0.3, -0.25) is 37.3 Å². The van der Waals surface area contributed by atoms with Crippen LogP contribution in [0.15, 0.2) is 0 Å². The highest BCUT2D eigenvalue weighted by molar-refractivity contribution is 7.47. The number of carbonyl (C=O) groups is 4. The van der Waals surface area contributed by atoms with Crippen molar-refractivity contribution in [1.29, 1.82) is 0 Å². The number of hydrogen-bond acceptors (Lipinski definition) is 15. The lowest BCUT2D eigenvalue weighted by Crippen LogP contribution is -2.30. The van der Waals surface area contributed by atoms with Crippen molar-refractivity contribution < 1.29 is 80.2 Å². The van der Waals surface area contributed by atoms with Crippen molar-refractivity contribution in [2.24, 2.45) is 23.7 Å².